The van der Waals surface area contributed by atoms with Gasteiger partial charge in [-0.05, 0) is 13.8 Å². The van der Waals surface area contributed by atoms with Crippen LogP contribution in [0.25, 0.3) is 0 Å². The molecule has 1 aliphatic heterocycles. The fourth-order valence-corrected chi connectivity index (χ4v) is 1.50. The molecule has 80 valence electrons. The summed E-state index contributed by atoms with van der Waals surface area (Å²) in [6.45, 7) is 4.27. The average molecular weight is 199 g/mol. The zero-order chi connectivity index (χ0) is 10.9. The van der Waals surface area contributed by atoms with Gasteiger partial charge in [-0.1, -0.05) is 0 Å². The normalized spacial score (nSPS) is 22.1. The van der Waals surface area contributed by atoms with Crippen molar-refractivity contribution in [1.29, 1.82) is 0 Å². The highest BCUT2D eigenvalue weighted by Gasteiger charge is 2.36. The summed E-state index contributed by atoms with van der Waals surface area (Å²) >= 11 is 0. The third kappa shape index (κ3) is 1.97. The minimum absolute atomic E-state index is 0.0831. The first kappa shape index (κ1) is 10.8. The van der Waals surface area contributed by atoms with Gasteiger partial charge < -0.3 is 15.1 Å². The van der Waals surface area contributed by atoms with Crippen molar-refractivity contribution in [3.63, 3.8) is 0 Å². The molecule has 0 spiro atoms. The highest BCUT2D eigenvalue weighted by molar-refractivity contribution is 5.90. The van der Waals surface area contributed by atoms with Crippen LogP contribution in [-0.4, -0.2) is 54.5 Å². The van der Waals surface area contributed by atoms with E-state index in [4.69, 9.17) is 0 Å². The molecule has 3 amide bonds. The molecule has 1 aliphatic rings. The Hall–Kier alpha value is -1.26. The van der Waals surface area contributed by atoms with Crippen molar-refractivity contribution in [1.82, 2.24) is 15.1 Å². The predicted octanol–water partition coefficient (Wildman–Crippen LogP) is -0.123. The van der Waals surface area contributed by atoms with Gasteiger partial charge in [-0.25, -0.2) is 4.79 Å². The minimum atomic E-state index is -0.352. The molecule has 0 aromatic rings. The molecular weight excluding hydrogens is 182 g/mol. The van der Waals surface area contributed by atoms with Crippen LogP contribution in [-0.2, 0) is 4.79 Å². The van der Waals surface area contributed by atoms with Gasteiger partial charge in [0.25, 0.3) is 0 Å². The summed E-state index contributed by atoms with van der Waals surface area (Å²) in [5.74, 6) is -0.0831. The van der Waals surface area contributed by atoms with Crippen LogP contribution >= 0.6 is 0 Å². The van der Waals surface area contributed by atoms with Crippen LogP contribution in [0.15, 0.2) is 0 Å². The SMILES string of the molecule is CC(C)NC(=O)C1CN(C)C(=O)N1C. The highest BCUT2D eigenvalue weighted by Crippen LogP contribution is 2.11. The molecule has 0 aliphatic carbocycles. The van der Waals surface area contributed by atoms with Crippen LogP contribution in [0.5, 0.6) is 0 Å². The molecular formula is C9H17N3O2. The number of carbonyl (C=O) groups excluding carboxylic acids is 2. The number of likely N-dealkylation sites (N-methyl/N-ethyl adjacent to an activating group) is 2. The van der Waals surface area contributed by atoms with E-state index in [0.29, 0.717) is 6.54 Å². The molecule has 1 N–H and O–H groups in total. The summed E-state index contributed by atoms with van der Waals surface area (Å²) in [6, 6.07) is -0.347. The third-order valence-corrected chi connectivity index (χ3v) is 2.28. The summed E-state index contributed by atoms with van der Waals surface area (Å²) in [6.07, 6.45) is 0. The predicted molar refractivity (Wildman–Crippen MR) is 52.9 cm³/mol. The fourth-order valence-electron chi connectivity index (χ4n) is 1.50. The minimum Gasteiger partial charge on any atom is -0.352 e. The largest absolute Gasteiger partial charge is 0.352 e. The number of amides is 3. The summed E-state index contributed by atoms with van der Waals surface area (Å²) < 4.78 is 0. The van der Waals surface area contributed by atoms with E-state index in [1.54, 1.807) is 19.0 Å². The lowest BCUT2D eigenvalue weighted by Gasteiger charge is -2.18. The number of urea groups is 1. The zero-order valence-electron chi connectivity index (χ0n) is 9.07. The van der Waals surface area contributed by atoms with Gasteiger partial charge in [-0.15, -0.1) is 0 Å². The molecule has 1 unspecified atom stereocenters. The van der Waals surface area contributed by atoms with Gasteiger partial charge in [0.2, 0.25) is 5.91 Å². The van der Waals surface area contributed by atoms with E-state index < -0.39 is 0 Å². The molecule has 0 radical (unpaired) electrons. The number of nitrogens with one attached hydrogen (secondary N) is 1. The van der Waals surface area contributed by atoms with Gasteiger partial charge in [-0.3, -0.25) is 4.79 Å². The van der Waals surface area contributed by atoms with Crippen molar-refractivity contribution < 1.29 is 9.59 Å². The van der Waals surface area contributed by atoms with E-state index in [2.05, 4.69) is 5.32 Å². The first-order valence-electron chi connectivity index (χ1n) is 4.71. The molecule has 1 heterocycles. The van der Waals surface area contributed by atoms with E-state index in [1.165, 1.54) is 4.90 Å². The van der Waals surface area contributed by atoms with Crippen molar-refractivity contribution in [2.24, 2.45) is 0 Å². The van der Waals surface area contributed by atoms with Gasteiger partial charge in [-0.2, -0.15) is 0 Å². The highest BCUT2D eigenvalue weighted by atomic mass is 16.2. The Bertz CT molecular complexity index is 252. The molecule has 0 aromatic carbocycles. The molecule has 0 aromatic heterocycles. The van der Waals surface area contributed by atoms with Gasteiger partial charge in [0, 0.05) is 20.1 Å². The summed E-state index contributed by atoms with van der Waals surface area (Å²) in [5.41, 5.74) is 0. The Morgan fingerprint density at radius 1 is 1.50 bits per heavy atom. The van der Waals surface area contributed by atoms with Crippen LogP contribution in [0.4, 0.5) is 4.79 Å². The van der Waals surface area contributed by atoms with Crippen LogP contribution in [0.1, 0.15) is 13.8 Å². The van der Waals surface area contributed by atoms with Crippen molar-refractivity contribution >= 4 is 11.9 Å². The lowest BCUT2D eigenvalue weighted by Crippen LogP contribution is -2.46. The molecule has 1 rings (SSSR count). The van der Waals surface area contributed by atoms with Gasteiger partial charge in [0.1, 0.15) is 6.04 Å². The maximum Gasteiger partial charge on any atom is 0.320 e. The van der Waals surface area contributed by atoms with Crippen LogP contribution in [0, 0.1) is 0 Å². The van der Waals surface area contributed by atoms with Crippen molar-refractivity contribution in [3.8, 4) is 0 Å². The second kappa shape index (κ2) is 3.86. The van der Waals surface area contributed by atoms with Crippen molar-refractivity contribution in [3.05, 3.63) is 0 Å². The molecule has 1 fully saturated rings. The molecule has 5 heteroatoms. The first-order chi connectivity index (χ1) is 6.43. The second-order valence-electron chi connectivity index (χ2n) is 3.95. The number of rotatable bonds is 2. The fraction of sp³-hybridized carbons (Fsp3) is 0.778. The van der Waals surface area contributed by atoms with E-state index >= 15 is 0 Å². The van der Waals surface area contributed by atoms with Crippen LogP contribution in [0.2, 0.25) is 0 Å². The maximum atomic E-state index is 11.6. The molecule has 0 bridgehead atoms. The van der Waals surface area contributed by atoms with Crippen LogP contribution in [0.3, 0.4) is 0 Å². The summed E-state index contributed by atoms with van der Waals surface area (Å²) in [5, 5.41) is 2.80. The monoisotopic (exact) mass is 199 g/mol. The van der Waals surface area contributed by atoms with Gasteiger partial charge in [0.15, 0.2) is 0 Å². The Labute approximate surface area is 84.0 Å². The standard InChI is InChI=1S/C9H17N3O2/c1-6(2)10-8(13)7-5-11(3)9(14)12(7)4/h6-7H,5H2,1-4H3,(H,10,13). The van der Waals surface area contributed by atoms with E-state index in [1.807, 2.05) is 13.8 Å². The quantitative estimate of drug-likeness (QED) is 0.674. The van der Waals surface area contributed by atoms with Crippen molar-refractivity contribution in [2.45, 2.75) is 25.9 Å². The number of nitrogens with zero attached hydrogens (tertiary/aromatic N) is 2. The third-order valence-electron chi connectivity index (χ3n) is 2.28. The Kier molecular flexibility index (Phi) is 2.98. The lowest BCUT2D eigenvalue weighted by atomic mass is 10.2. The molecule has 0 saturated carbocycles. The zero-order valence-corrected chi connectivity index (χ0v) is 9.07. The Balaban J connectivity index is 2.62. The van der Waals surface area contributed by atoms with E-state index in [-0.39, 0.29) is 24.0 Å². The smallest absolute Gasteiger partial charge is 0.320 e. The molecule has 1 atom stereocenters. The molecule has 5 nitrogen and oxygen atoms in total. The van der Waals surface area contributed by atoms with Gasteiger partial charge in [0.05, 0.1) is 6.54 Å². The van der Waals surface area contributed by atoms with Crippen molar-refractivity contribution in [2.75, 3.05) is 20.6 Å². The number of hydrogen-bond donors (Lipinski definition) is 1. The first-order valence-corrected chi connectivity index (χ1v) is 4.71. The topological polar surface area (TPSA) is 52.7 Å². The van der Waals surface area contributed by atoms with Gasteiger partial charge >= 0.3 is 6.03 Å². The van der Waals surface area contributed by atoms with E-state index in [0.717, 1.165) is 0 Å². The average Bonchev–Trinajstić information content (AvgIpc) is 2.32. The summed E-state index contributed by atoms with van der Waals surface area (Å²) in [7, 11) is 3.35. The molecule has 14 heavy (non-hydrogen) atoms. The Morgan fingerprint density at radius 2 is 2.07 bits per heavy atom. The Morgan fingerprint density at radius 3 is 2.43 bits per heavy atom. The van der Waals surface area contributed by atoms with E-state index in [9.17, 15) is 9.59 Å². The number of carbonyl (C=O) groups is 2. The maximum absolute atomic E-state index is 11.6. The second-order valence-corrected chi connectivity index (χ2v) is 3.95. The van der Waals surface area contributed by atoms with Crippen LogP contribution < -0.4 is 5.32 Å². The number of hydrogen-bond acceptors (Lipinski definition) is 2. The summed E-state index contributed by atoms with van der Waals surface area (Å²) in [4.78, 5) is 26.0. The lowest BCUT2D eigenvalue weighted by molar-refractivity contribution is -0.124. The molecule has 1 saturated heterocycles.